The highest BCUT2D eigenvalue weighted by Crippen LogP contribution is 2.23. The van der Waals surface area contributed by atoms with E-state index in [0.717, 1.165) is 20.6 Å². The number of aromatic nitrogens is 2. The molecule has 3 nitrogen and oxygen atoms in total. The van der Waals surface area contributed by atoms with Crippen molar-refractivity contribution >= 4 is 45.2 Å². The van der Waals surface area contributed by atoms with Crippen LogP contribution in [0.4, 0.5) is 4.39 Å². The molecule has 0 amide bonds. The Bertz CT molecular complexity index is 664. The van der Waals surface area contributed by atoms with Crippen LogP contribution in [0.2, 0.25) is 0 Å². The zero-order valence-electron chi connectivity index (χ0n) is 14.2. The van der Waals surface area contributed by atoms with E-state index in [-0.39, 0.29) is 12.1 Å². The molecule has 0 bridgehead atoms. The molecular weight excluding hydrogens is 521 g/mol. The van der Waals surface area contributed by atoms with E-state index in [1.807, 2.05) is 33.9 Å². The average Bonchev–Trinajstić information content (AvgIpc) is 2.50. The zero-order chi connectivity index (χ0) is 17.7. The summed E-state index contributed by atoms with van der Waals surface area (Å²) in [6.45, 7) is 11.8. The number of pyridine rings is 2. The van der Waals surface area contributed by atoms with Gasteiger partial charge in [0.1, 0.15) is 0 Å². The van der Waals surface area contributed by atoms with Crippen molar-refractivity contribution in [1.82, 2.24) is 9.97 Å². The van der Waals surface area contributed by atoms with Gasteiger partial charge in [-0.1, -0.05) is 0 Å². The highest BCUT2D eigenvalue weighted by atomic mass is 127. The molecular formula is C17H21FI2N2O. The maximum Gasteiger partial charge on any atom is 0.217 e. The third-order valence-corrected chi connectivity index (χ3v) is 6.40. The van der Waals surface area contributed by atoms with E-state index >= 15 is 0 Å². The van der Waals surface area contributed by atoms with E-state index in [1.54, 1.807) is 13.1 Å². The second-order valence-electron chi connectivity index (χ2n) is 5.52. The van der Waals surface area contributed by atoms with Gasteiger partial charge in [0.05, 0.1) is 6.10 Å². The largest absolute Gasteiger partial charge is 0.475 e. The molecule has 0 radical (unpaired) electrons. The Morgan fingerprint density at radius 1 is 0.913 bits per heavy atom. The predicted molar refractivity (Wildman–Crippen MR) is 109 cm³/mol. The van der Waals surface area contributed by atoms with Crippen LogP contribution in [0, 0.1) is 40.8 Å². The number of aryl methyl sites for hydroxylation is 2. The zero-order valence-corrected chi connectivity index (χ0v) is 18.5. The van der Waals surface area contributed by atoms with Gasteiger partial charge in [0.15, 0.2) is 0 Å². The summed E-state index contributed by atoms with van der Waals surface area (Å²) in [5.74, 6) is 0.389. The fourth-order valence-corrected chi connectivity index (χ4v) is 2.47. The molecule has 0 spiro atoms. The van der Waals surface area contributed by atoms with Gasteiger partial charge in [-0.15, -0.1) is 0 Å². The van der Waals surface area contributed by atoms with Gasteiger partial charge >= 0.3 is 0 Å². The lowest BCUT2D eigenvalue weighted by atomic mass is 10.2. The first-order chi connectivity index (χ1) is 10.6. The van der Waals surface area contributed by atoms with Crippen LogP contribution >= 0.6 is 45.2 Å². The molecule has 0 aliphatic rings. The maximum atomic E-state index is 12.6. The van der Waals surface area contributed by atoms with Crippen LogP contribution in [0.15, 0.2) is 12.4 Å². The minimum Gasteiger partial charge on any atom is -0.475 e. The molecule has 0 aliphatic heterocycles. The van der Waals surface area contributed by atoms with E-state index in [2.05, 4.69) is 62.1 Å². The molecule has 0 unspecified atom stereocenters. The summed E-state index contributed by atoms with van der Waals surface area (Å²) in [6, 6.07) is 0. The number of rotatable bonds is 2. The Kier molecular flexibility index (Phi) is 8.12. The Hall–Kier alpha value is -0.510. The molecule has 2 rings (SSSR count). The van der Waals surface area contributed by atoms with Crippen LogP contribution in [0.25, 0.3) is 0 Å². The van der Waals surface area contributed by atoms with E-state index in [1.165, 1.54) is 9.13 Å². The first kappa shape index (κ1) is 20.5. The van der Waals surface area contributed by atoms with Gasteiger partial charge in [0.25, 0.3) is 0 Å². The topological polar surface area (TPSA) is 35.0 Å². The molecule has 0 aromatic carbocycles. The van der Waals surface area contributed by atoms with Gasteiger partial charge in [-0.3, -0.25) is 0 Å². The lowest BCUT2D eigenvalue weighted by Gasteiger charge is -2.12. The summed E-state index contributed by atoms with van der Waals surface area (Å²) in [6.07, 6.45) is 3.58. The summed E-state index contributed by atoms with van der Waals surface area (Å²) in [4.78, 5) is 7.82. The van der Waals surface area contributed by atoms with Crippen LogP contribution in [0.5, 0.6) is 5.88 Å². The summed E-state index contributed by atoms with van der Waals surface area (Å²) < 4.78 is 20.4. The molecule has 2 heterocycles. The molecule has 0 N–H and O–H groups in total. The van der Waals surface area contributed by atoms with Crippen molar-refractivity contribution in [3.63, 3.8) is 0 Å². The fraction of sp³-hybridized carbons (Fsp3) is 0.412. The van der Waals surface area contributed by atoms with Crippen LogP contribution in [-0.4, -0.2) is 16.1 Å². The predicted octanol–water partition coefficient (Wildman–Crippen LogP) is 5.53. The van der Waals surface area contributed by atoms with Gasteiger partial charge in [-0.2, -0.15) is 4.39 Å². The van der Waals surface area contributed by atoms with E-state index in [0.29, 0.717) is 5.56 Å². The third-order valence-electron chi connectivity index (χ3n) is 3.08. The molecule has 2 aromatic heterocycles. The average molecular weight is 542 g/mol. The van der Waals surface area contributed by atoms with Crippen molar-refractivity contribution in [2.24, 2.45) is 0 Å². The number of hydrogen-bond donors (Lipinski definition) is 0. The maximum absolute atomic E-state index is 12.6. The molecule has 0 fully saturated rings. The minimum absolute atomic E-state index is 0.185. The van der Waals surface area contributed by atoms with E-state index in [9.17, 15) is 4.39 Å². The van der Waals surface area contributed by atoms with Crippen molar-refractivity contribution < 1.29 is 9.13 Å². The summed E-state index contributed by atoms with van der Waals surface area (Å²) in [7, 11) is 0. The van der Waals surface area contributed by atoms with Crippen molar-refractivity contribution in [2.45, 2.75) is 47.6 Å². The number of nitrogens with zero attached hydrogens (tertiary/aromatic N) is 2. The number of hydrogen-bond acceptors (Lipinski definition) is 3. The molecule has 0 saturated carbocycles. The smallest absolute Gasteiger partial charge is 0.217 e. The van der Waals surface area contributed by atoms with Gasteiger partial charge < -0.3 is 4.74 Å². The Labute approximate surface area is 164 Å². The van der Waals surface area contributed by atoms with E-state index in [4.69, 9.17) is 4.74 Å². The Morgan fingerprint density at radius 3 is 1.87 bits per heavy atom. The van der Waals surface area contributed by atoms with Crippen LogP contribution in [0.3, 0.4) is 0 Å². The van der Waals surface area contributed by atoms with Gasteiger partial charge in [0, 0.05) is 30.7 Å². The summed E-state index contributed by atoms with van der Waals surface area (Å²) in [5, 5.41) is 0. The molecule has 6 heteroatoms. The van der Waals surface area contributed by atoms with Crippen molar-refractivity contribution in [3.8, 4) is 5.88 Å². The molecule has 2 aromatic rings. The monoisotopic (exact) mass is 542 g/mol. The summed E-state index contributed by atoms with van der Waals surface area (Å²) in [5.41, 5.74) is 4.00. The quantitative estimate of drug-likeness (QED) is 0.370. The lowest BCUT2D eigenvalue weighted by molar-refractivity contribution is 0.230. The second-order valence-corrected chi connectivity index (χ2v) is 7.68. The van der Waals surface area contributed by atoms with Gasteiger partial charge in [-0.05, 0) is 97.9 Å². The lowest BCUT2D eigenvalue weighted by Crippen LogP contribution is -2.09. The van der Waals surface area contributed by atoms with Crippen LogP contribution in [0.1, 0.15) is 36.1 Å². The standard InChI is InChI=1S/C10H14INO.C7H7FIN/c1-6(2)13-10-8(4)9(11)7(3)5-12-10;1-4-3-10-7(8)5(2)6(4)9/h5-6H,1-4H3;3H,1-2H3. The number of ether oxygens (including phenoxy) is 1. The van der Waals surface area contributed by atoms with Gasteiger partial charge in [0.2, 0.25) is 11.8 Å². The second kappa shape index (κ2) is 9.10. The highest BCUT2D eigenvalue weighted by Gasteiger charge is 2.08. The van der Waals surface area contributed by atoms with Crippen LogP contribution in [-0.2, 0) is 0 Å². The molecule has 0 aliphatic carbocycles. The third kappa shape index (κ3) is 5.81. The van der Waals surface area contributed by atoms with Crippen LogP contribution < -0.4 is 4.74 Å². The highest BCUT2D eigenvalue weighted by molar-refractivity contribution is 14.1. The fourth-order valence-electron chi connectivity index (χ4n) is 1.73. The molecule has 126 valence electrons. The van der Waals surface area contributed by atoms with Gasteiger partial charge in [-0.25, -0.2) is 9.97 Å². The molecule has 0 saturated heterocycles. The minimum atomic E-state index is -0.366. The molecule has 0 atom stereocenters. The summed E-state index contributed by atoms with van der Waals surface area (Å²) >= 11 is 4.44. The Balaban J connectivity index is 0.000000238. The molecule has 23 heavy (non-hydrogen) atoms. The first-order valence-corrected chi connectivity index (χ1v) is 9.36. The SMILES string of the molecule is Cc1cnc(F)c(C)c1I.Cc1cnc(OC(C)C)c(C)c1I. The van der Waals surface area contributed by atoms with Crippen molar-refractivity contribution in [3.05, 3.63) is 47.7 Å². The number of halogens is 3. The Morgan fingerprint density at radius 2 is 1.39 bits per heavy atom. The van der Waals surface area contributed by atoms with Crippen molar-refractivity contribution in [1.29, 1.82) is 0 Å². The van der Waals surface area contributed by atoms with Crippen molar-refractivity contribution in [2.75, 3.05) is 0 Å². The first-order valence-electron chi connectivity index (χ1n) is 7.20. The van der Waals surface area contributed by atoms with E-state index < -0.39 is 0 Å². The normalized spacial score (nSPS) is 10.3.